The van der Waals surface area contributed by atoms with Gasteiger partial charge >= 0.3 is 13.2 Å². The lowest BCUT2D eigenvalue weighted by Crippen LogP contribution is -2.41. The van der Waals surface area contributed by atoms with Gasteiger partial charge in [-0.3, -0.25) is 10.2 Å². The number of carbonyl (C=O) groups is 2. The molecule has 0 aliphatic carbocycles. The van der Waals surface area contributed by atoms with Crippen molar-refractivity contribution < 1.29 is 23.6 Å². The minimum absolute atomic E-state index is 0.152. The number of hydrogen-bond donors (Lipinski definition) is 3. The van der Waals surface area contributed by atoms with Crippen LogP contribution in [0.2, 0.25) is 0 Å². The van der Waals surface area contributed by atoms with E-state index in [9.17, 15) is 9.59 Å². The van der Waals surface area contributed by atoms with Crippen LogP contribution in [0.25, 0.3) is 6.08 Å². The summed E-state index contributed by atoms with van der Waals surface area (Å²) in [5.41, 5.74) is 2.28. The molecule has 1 fully saturated rings. The molecule has 1 aliphatic rings. The summed E-state index contributed by atoms with van der Waals surface area (Å²) in [6.07, 6.45) is 1.29. The molecule has 0 aromatic heterocycles. The average Bonchev–Trinajstić information content (AvgIpc) is 2.84. The Balaban J connectivity index is 2.31. The smallest absolute Gasteiger partial charge is 0.444 e. The van der Waals surface area contributed by atoms with Crippen molar-refractivity contribution >= 4 is 25.2 Å². The van der Waals surface area contributed by atoms with E-state index in [0.29, 0.717) is 11.0 Å². The van der Waals surface area contributed by atoms with E-state index in [4.69, 9.17) is 19.9 Å². The number of ether oxygens (including phenoxy) is 1. The molecule has 164 valence electrons. The zero-order chi connectivity index (χ0) is 22.7. The Kier molecular flexibility index (Phi) is 7.01. The molecule has 2 rings (SSSR count). The van der Waals surface area contributed by atoms with Gasteiger partial charge in [0.2, 0.25) is 0 Å². The number of nitrogens with two attached hydrogens (primary N) is 1. The molecular weight excluding hydrogens is 385 g/mol. The Hall–Kier alpha value is -2.36. The Morgan fingerprint density at radius 2 is 1.77 bits per heavy atom. The fourth-order valence-electron chi connectivity index (χ4n) is 2.75. The third kappa shape index (κ3) is 6.07. The lowest BCUT2D eigenvalue weighted by Gasteiger charge is -2.32. The molecule has 0 unspecified atom stereocenters. The van der Waals surface area contributed by atoms with Gasteiger partial charge in [-0.15, -0.1) is 0 Å². The minimum Gasteiger partial charge on any atom is -0.444 e. The van der Waals surface area contributed by atoms with Crippen molar-refractivity contribution in [1.29, 1.82) is 0 Å². The molecule has 1 heterocycles. The second-order valence-corrected chi connectivity index (χ2v) is 9.26. The van der Waals surface area contributed by atoms with E-state index >= 15 is 0 Å². The maximum absolute atomic E-state index is 12.2. The Morgan fingerprint density at radius 1 is 1.17 bits per heavy atom. The molecule has 8 nitrogen and oxygen atoms in total. The zero-order valence-electron chi connectivity index (χ0n) is 18.8. The molecule has 9 heteroatoms. The third-order valence-corrected chi connectivity index (χ3v) is 5.02. The van der Waals surface area contributed by atoms with Gasteiger partial charge in [0, 0.05) is 12.1 Å². The van der Waals surface area contributed by atoms with Gasteiger partial charge in [-0.25, -0.2) is 10.6 Å². The van der Waals surface area contributed by atoms with Gasteiger partial charge in [-0.2, -0.15) is 0 Å². The van der Waals surface area contributed by atoms with Crippen molar-refractivity contribution in [3.8, 4) is 0 Å². The number of nitrogens with one attached hydrogen (secondary N) is 2. The van der Waals surface area contributed by atoms with E-state index in [2.05, 4.69) is 10.7 Å². The standard InChI is InChI=1S/C21H32BN3O5/c1-19(2,3)28-18(27)24-13-16(22-29-20(4,5)21(6,7)30-22)12-14-9-8-10-15(11-14)17(26)25-23/h8-12H,13,23H2,1-7H3,(H,24,27)(H,25,26). The number of amides is 2. The number of carbonyl (C=O) groups excluding carboxylic acids is 2. The van der Waals surface area contributed by atoms with Gasteiger partial charge in [0.05, 0.1) is 11.2 Å². The molecule has 0 atom stereocenters. The van der Waals surface area contributed by atoms with Gasteiger partial charge in [-0.1, -0.05) is 18.2 Å². The summed E-state index contributed by atoms with van der Waals surface area (Å²) in [7, 11) is -0.670. The second-order valence-electron chi connectivity index (χ2n) is 9.26. The molecule has 0 saturated carbocycles. The lowest BCUT2D eigenvalue weighted by molar-refractivity contribution is 0.00578. The first-order valence-electron chi connectivity index (χ1n) is 9.88. The summed E-state index contributed by atoms with van der Waals surface area (Å²) in [5.74, 6) is 4.84. The third-order valence-electron chi connectivity index (χ3n) is 5.02. The number of benzene rings is 1. The average molecular weight is 417 g/mol. The van der Waals surface area contributed by atoms with Crippen LogP contribution in [0.3, 0.4) is 0 Å². The first kappa shape index (κ1) is 23.9. The lowest BCUT2D eigenvalue weighted by atomic mass is 9.77. The zero-order valence-corrected chi connectivity index (χ0v) is 18.8. The van der Waals surface area contributed by atoms with Crippen LogP contribution in [0.1, 0.15) is 64.4 Å². The van der Waals surface area contributed by atoms with Crippen LogP contribution in [0.5, 0.6) is 0 Å². The highest BCUT2D eigenvalue weighted by atomic mass is 16.7. The van der Waals surface area contributed by atoms with Crippen molar-refractivity contribution in [2.75, 3.05) is 6.54 Å². The Bertz CT molecular complexity index is 814. The van der Waals surface area contributed by atoms with E-state index in [1.54, 1.807) is 39.0 Å². The van der Waals surface area contributed by atoms with Gasteiger partial charge in [0.15, 0.2) is 0 Å². The summed E-state index contributed by atoms with van der Waals surface area (Å²) in [6.45, 7) is 13.4. The first-order chi connectivity index (χ1) is 13.7. The van der Waals surface area contributed by atoms with Crippen LogP contribution in [-0.4, -0.2) is 42.5 Å². The van der Waals surface area contributed by atoms with Gasteiger partial charge in [0.1, 0.15) is 5.60 Å². The van der Waals surface area contributed by atoms with E-state index in [1.807, 2.05) is 39.8 Å². The molecular formula is C21H32BN3O5. The highest BCUT2D eigenvalue weighted by molar-refractivity contribution is 6.56. The molecule has 4 N–H and O–H groups in total. The predicted octanol–water partition coefficient (Wildman–Crippen LogP) is 2.83. The van der Waals surface area contributed by atoms with E-state index in [-0.39, 0.29) is 6.54 Å². The van der Waals surface area contributed by atoms with Crippen LogP contribution >= 0.6 is 0 Å². The molecule has 1 aromatic carbocycles. The summed E-state index contributed by atoms with van der Waals surface area (Å²) >= 11 is 0. The maximum atomic E-state index is 12.2. The van der Waals surface area contributed by atoms with Gasteiger partial charge in [0.25, 0.3) is 5.91 Å². The molecule has 2 amide bonds. The molecule has 1 aromatic rings. The van der Waals surface area contributed by atoms with Crippen molar-refractivity contribution in [3.05, 3.63) is 40.9 Å². The predicted molar refractivity (Wildman–Crippen MR) is 116 cm³/mol. The summed E-state index contributed by atoms with van der Waals surface area (Å²) < 4.78 is 17.6. The molecule has 0 bridgehead atoms. The molecule has 1 aliphatic heterocycles. The Morgan fingerprint density at radius 3 is 2.30 bits per heavy atom. The van der Waals surface area contributed by atoms with Crippen LogP contribution in [0.4, 0.5) is 4.79 Å². The van der Waals surface area contributed by atoms with E-state index in [0.717, 1.165) is 5.56 Å². The molecule has 0 radical (unpaired) electrons. The highest BCUT2D eigenvalue weighted by Crippen LogP contribution is 2.38. The molecule has 30 heavy (non-hydrogen) atoms. The first-order valence-corrected chi connectivity index (χ1v) is 9.88. The quantitative estimate of drug-likeness (QED) is 0.294. The number of alkyl carbamates (subject to hydrolysis) is 1. The fourth-order valence-corrected chi connectivity index (χ4v) is 2.75. The summed E-state index contributed by atoms with van der Waals surface area (Å²) in [6, 6.07) is 6.94. The molecule has 0 spiro atoms. The summed E-state index contributed by atoms with van der Waals surface area (Å²) in [5, 5.41) is 2.75. The van der Waals surface area contributed by atoms with Gasteiger partial charge in [-0.05, 0) is 71.6 Å². The highest BCUT2D eigenvalue weighted by Gasteiger charge is 2.52. The van der Waals surface area contributed by atoms with Crippen LogP contribution in [0, 0.1) is 0 Å². The molecule has 1 saturated heterocycles. The normalized spacial score (nSPS) is 18.1. The van der Waals surface area contributed by atoms with Crippen molar-refractivity contribution in [2.24, 2.45) is 5.84 Å². The monoisotopic (exact) mass is 417 g/mol. The largest absolute Gasteiger partial charge is 0.492 e. The summed E-state index contributed by atoms with van der Waals surface area (Å²) in [4.78, 5) is 24.0. The van der Waals surface area contributed by atoms with Crippen molar-refractivity contribution in [2.45, 2.75) is 65.3 Å². The van der Waals surface area contributed by atoms with Crippen LogP contribution in [-0.2, 0) is 14.0 Å². The van der Waals surface area contributed by atoms with Gasteiger partial charge < -0.3 is 19.4 Å². The number of rotatable bonds is 5. The fraction of sp³-hybridized carbons (Fsp3) is 0.524. The van der Waals surface area contributed by atoms with Crippen molar-refractivity contribution in [3.63, 3.8) is 0 Å². The van der Waals surface area contributed by atoms with Crippen LogP contribution < -0.4 is 16.6 Å². The van der Waals surface area contributed by atoms with Crippen molar-refractivity contribution in [1.82, 2.24) is 10.7 Å². The maximum Gasteiger partial charge on any atom is 0.492 e. The SMILES string of the molecule is CC(C)(C)OC(=O)NCC(=Cc1cccc(C(=O)NN)c1)B1OC(C)(C)C(C)(C)O1. The number of hydrogen-bond acceptors (Lipinski definition) is 6. The number of hydrazine groups is 1. The topological polar surface area (TPSA) is 112 Å². The van der Waals surface area contributed by atoms with E-state index in [1.165, 1.54) is 0 Å². The van der Waals surface area contributed by atoms with E-state index < -0.39 is 35.9 Å². The minimum atomic E-state index is -0.670. The second kappa shape index (κ2) is 8.79. The Labute approximate surface area is 178 Å². The number of nitrogen functional groups attached to an aromatic ring is 1. The van der Waals surface area contributed by atoms with Crippen LogP contribution in [0.15, 0.2) is 29.7 Å².